The Morgan fingerprint density at radius 2 is 0.523 bits per heavy atom. The minimum absolute atomic E-state index is 0.298. The SMILES string of the molecule is CC(C(=O)OCCOC(=O)C(C)C(=O)OCCOC(=O)C(C)C(=O)C(C)(C)C)C(=O)OCCOC(=O)C(C)C(=O)C(C)(C)C. The first-order valence-corrected chi connectivity index (χ1v) is 14.2. The van der Waals surface area contributed by atoms with Crippen LogP contribution in [-0.2, 0) is 66.8 Å². The largest absolute Gasteiger partial charge is 0.462 e. The molecule has 0 radical (unpaired) electrons. The molecule has 0 aromatic heterocycles. The van der Waals surface area contributed by atoms with E-state index in [9.17, 15) is 38.4 Å². The van der Waals surface area contributed by atoms with E-state index in [2.05, 4.69) is 0 Å². The molecule has 0 N–H and O–H groups in total. The maximum atomic E-state index is 12.1. The van der Waals surface area contributed by atoms with Gasteiger partial charge < -0.3 is 28.4 Å². The maximum Gasteiger partial charge on any atom is 0.320 e. The van der Waals surface area contributed by atoms with Gasteiger partial charge in [-0.15, -0.1) is 0 Å². The maximum absolute atomic E-state index is 12.1. The number of esters is 6. The summed E-state index contributed by atoms with van der Waals surface area (Å²) in [5.74, 6) is -10.6. The molecule has 0 aliphatic rings. The number of ether oxygens (including phenoxy) is 6. The highest BCUT2D eigenvalue weighted by Gasteiger charge is 2.33. The molecule has 0 aromatic rings. The third-order valence-electron chi connectivity index (χ3n) is 6.10. The number of carbonyl (C=O) groups is 8. The fourth-order valence-corrected chi connectivity index (χ4v) is 3.31. The van der Waals surface area contributed by atoms with Gasteiger partial charge in [0.1, 0.15) is 51.5 Å². The van der Waals surface area contributed by atoms with Gasteiger partial charge in [0, 0.05) is 10.8 Å². The van der Waals surface area contributed by atoms with Crippen molar-refractivity contribution in [3.8, 4) is 0 Å². The number of rotatable bonds is 17. The van der Waals surface area contributed by atoms with Gasteiger partial charge in [0.25, 0.3) is 0 Å². The van der Waals surface area contributed by atoms with Gasteiger partial charge in [-0.05, 0) is 27.7 Å². The van der Waals surface area contributed by atoms with E-state index in [1.807, 2.05) is 0 Å². The van der Waals surface area contributed by atoms with E-state index in [1.54, 1.807) is 41.5 Å². The standard InChI is InChI=1S/C30H46O14/c1-17(21(31)29(5,6)7)23(33)39-11-13-41-25(35)19(3)27(37)43-15-16-44-28(38)20(4)26(36)42-14-12-40-24(34)18(2)22(32)30(8,9)10/h17-20H,11-16H2,1-10H3. The first-order valence-electron chi connectivity index (χ1n) is 14.2. The van der Waals surface area contributed by atoms with Crippen molar-refractivity contribution in [1.29, 1.82) is 0 Å². The summed E-state index contributed by atoms with van der Waals surface area (Å²) in [6.07, 6.45) is 0. The second-order valence-corrected chi connectivity index (χ2v) is 12.1. The smallest absolute Gasteiger partial charge is 0.320 e. The van der Waals surface area contributed by atoms with Gasteiger partial charge in [-0.3, -0.25) is 38.4 Å². The molecule has 0 aliphatic carbocycles. The van der Waals surface area contributed by atoms with E-state index in [0.29, 0.717) is 0 Å². The molecule has 4 unspecified atom stereocenters. The van der Waals surface area contributed by atoms with Crippen molar-refractivity contribution in [2.45, 2.75) is 69.2 Å². The molecule has 44 heavy (non-hydrogen) atoms. The summed E-state index contributed by atoms with van der Waals surface area (Å²) >= 11 is 0. The Bertz CT molecular complexity index is 979. The van der Waals surface area contributed by atoms with Gasteiger partial charge >= 0.3 is 35.8 Å². The highest BCUT2D eigenvalue weighted by Crippen LogP contribution is 2.21. The van der Waals surface area contributed by atoms with Crippen molar-refractivity contribution >= 4 is 47.4 Å². The van der Waals surface area contributed by atoms with Crippen LogP contribution in [0.15, 0.2) is 0 Å². The number of Topliss-reactive ketones (excluding diaryl/α,β-unsaturated/α-hetero) is 2. The van der Waals surface area contributed by atoms with Crippen LogP contribution in [0.25, 0.3) is 0 Å². The molecule has 14 heteroatoms. The van der Waals surface area contributed by atoms with Crippen LogP contribution in [0, 0.1) is 34.5 Å². The predicted molar refractivity (Wildman–Crippen MR) is 151 cm³/mol. The van der Waals surface area contributed by atoms with Crippen LogP contribution in [0.5, 0.6) is 0 Å². The van der Waals surface area contributed by atoms with Crippen LogP contribution in [-0.4, -0.2) is 87.0 Å². The Balaban J connectivity index is 4.30. The fourth-order valence-electron chi connectivity index (χ4n) is 3.31. The molecule has 0 aliphatic heterocycles. The number of hydrogen-bond acceptors (Lipinski definition) is 14. The minimum atomic E-state index is -1.33. The molecular weight excluding hydrogens is 584 g/mol. The van der Waals surface area contributed by atoms with Gasteiger partial charge in [-0.2, -0.15) is 0 Å². The van der Waals surface area contributed by atoms with Crippen LogP contribution < -0.4 is 0 Å². The van der Waals surface area contributed by atoms with E-state index in [1.165, 1.54) is 27.7 Å². The Morgan fingerprint density at radius 1 is 0.364 bits per heavy atom. The highest BCUT2D eigenvalue weighted by atomic mass is 16.6. The second kappa shape index (κ2) is 18.1. The summed E-state index contributed by atoms with van der Waals surface area (Å²) in [5.41, 5.74) is -1.45. The Hall–Kier alpha value is -3.84. The minimum Gasteiger partial charge on any atom is -0.462 e. The van der Waals surface area contributed by atoms with Gasteiger partial charge in [0.2, 0.25) is 0 Å². The molecule has 0 heterocycles. The zero-order valence-corrected chi connectivity index (χ0v) is 27.3. The van der Waals surface area contributed by atoms with Gasteiger partial charge in [-0.25, -0.2) is 0 Å². The Morgan fingerprint density at radius 3 is 0.682 bits per heavy atom. The lowest BCUT2D eigenvalue weighted by Gasteiger charge is -2.20. The van der Waals surface area contributed by atoms with E-state index in [0.717, 1.165) is 0 Å². The summed E-state index contributed by atoms with van der Waals surface area (Å²) < 4.78 is 29.4. The normalized spacial score (nSPS) is 14.1. The average molecular weight is 631 g/mol. The molecule has 0 bridgehead atoms. The second-order valence-electron chi connectivity index (χ2n) is 12.1. The van der Waals surface area contributed by atoms with Crippen molar-refractivity contribution in [3.05, 3.63) is 0 Å². The van der Waals surface area contributed by atoms with Crippen molar-refractivity contribution < 1.29 is 66.8 Å². The predicted octanol–water partition coefficient (Wildman–Crippen LogP) is 2.02. The zero-order chi connectivity index (χ0) is 34.4. The van der Waals surface area contributed by atoms with E-state index >= 15 is 0 Å². The third-order valence-corrected chi connectivity index (χ3v) is 6.10. The molecule has 14 nitrogen and oxygen atoms in total. The van der Waals surface area contributed by atoms with Crippen molar-refractivity contribution in [1.82, 2.24) is 0 Å². The van der Waals surface area contributed by atoms with Gasteiger partial charge in [0.15, 0.2) is 23.4 Å². The summed E-state index contributed by atoms with van der Waals surface area (Å²) in [6.45, 7) is 13.2. The summed E-state index contributed by atoms with van der Waals surface area (Å²) in [4.78, 5) is 96.5. The van der Waals surface area contributed by atoms with E-state index < -0.39 is 83.5 Å². The zero-order valence-electron chi connectivity index (χ0n) is 27.3. The van der Waals surface area contributed by atoms with E-state index in [-0.39, 0.29) is 38.0 Å². The molecule has 0 saturated heterocycles. The molecule has 0 aromatic carbocycles. The van der Waals surface area contributed by atoms with Gasteiger partial charge in [-0.1, -0.05) is 41.5 Å². The van der Waals surface area contributed by atoms with Crippen molar-refractivity contribution in [2.75, 3.05) is 39.6 Å². The molecule has 0 spiro atoms. The highest BCUT2D eigenvalue weighted by molar-refractivity contribution is 6.01. The lowest BCUT2D eigenvalue weighted by molar-refractivity contribution is -0.169. The Labute approximate surface area is 257 Å². The molecule has 4 atom stereocenters. The third kappa shape index (κ3) is 14.1. The molecule has 0 rings (SSSR count). The Kier molecular flexibility index (Phi) is 16.5. The van der Waals surface area contributed by atoms with Crippen LogP contribution in [0.1, 0.15) is 69.2 Å². The van der Waals surface area contributed by atoms with Crippen LogP contribution >= 0.6 is 0 Å². The van der Waals surface area contributed by atoms with E-state index in [4.69, 9.17) is 28.4 Å². The number of ketones is 2. The van der Waals surface area contributed by atoms with Crippen LogP contribution in [0.4, 0.5) is 0 Å². The number of carbonyl (C=O) groups excluding carboxylic acids is 8. The summed E-state index contributed by atoms with van der Waals surface area (Å²) in [5, 5.41) is 0. The van der Waals surface area contributed by atoms with Crippen molar-refractivity contribution in [3.63, 3.8) is 0 Å². The summed E-state index contributed by atoms with van der Waals surface area (Å²) in [7, 11) is 0. The van der Waals surface area contributed by atoms with Crippen LogP contribution in [0.2, 0.25) is 0 Å². The molecular formula is C30H46O14. The lowest BCUT2D eigenvalue weighted by Crippen LogP contribution is -2.33. The topological polar surface area (TPSA) is 192 Å². The average Bonchev–Trinajstić information content (AvgIpc) is 2.95. The summed E-state index contributed by atoms with van der Waals surface area (Å²) in [6, 6.07) is 0. The number of hydrogen-bond donors (Lipinski definition) is 0. The molecule has 0 saturated carbocycles. The van der Waals surface area contributed by atoms with Gasteiger partial charge in [0.05, 0.1) is 0 Å². The monoisotopic (exact) mass is 630 g/mol. The molecule has 0 fully saturated rings. The lowest BCUT2D eigenvalue weighted by atomic mass is 9.84. The first kappa shape index (κ1) is 40.2. The molecule has 0 amide bonds. The quantitative estimate of drug-likeness (QED) is 0.0981. The fraction of sp³-hybridized carbons (Fsp3) is 0.733. The molecule has 250 valence electrons. The first-order chi connectivity index (χ1) is 20.1. The van der Waals surface area contributed by atoms with Crippen molar-refractivity contribution in [2.24, 2.45) is 34.5 Å². The van der Waals surface area contributed by atoms with Crippen LogP contribution in [0.3, 0.4) is 0 Å².